The molecule has 1 amide bonds. The Labute approximate surface area is 122 Å². The van der Waals surface area contributed by atoms with Gasteiger partial charge in [-0.2, -0.15) is 0 Å². The summed E-state index contributed by atoms with van der Waals surface area (Å²) >= 11 is 0. The third-order valence-corrected chi connectivity index (χ3v) is 4.74. The molecule has 116 valence electrons. The van der Waals surface area contributed by atoms with E-state index in [1.165, 1.54) is 0 Å². The van der Waals surface area contributed by atoms with Gasteiger partial charge >= 0.3 is 5.97 Å². The molecule has 0 radical (unpaired) electrons. The second kappa shape index (κ2) is 8.28. The maximum Gasteiger partial charge on any atom is 0.303 e. The highest BCUT2D eigenvalue weighted by molar-refractivity contribution is 5.79. The van der Waals surface area contributed by atoms with E-state index >= 15 is 0 Å². The molecule has 0 aromatic carbocycles. The van der Waals surface area contributed by atoms with Gasteiger partial charge < -0.3 is 10.0 Å². The van der Waals surface area contributed by atoms with Crippen LogP contribution in [0.15, 0.2) is 0 Å². The molecule has 1 heterocycles. The number of carboxylic acids is 1. The Kier molecular flexibility index (Phi) is 7.03. The van der Waals surface area contributed by atoms with Crippen LogP contribution in [0.3, 0.4) is 0 Å². The second-order valence-electron chi connectivity index (χ2n) is 6.09. The van der Waals surface area contributed by atoms with E-state index in [4.69, 9.17) is 5.11 Å². The highest BCUT2D eigenvalue weighted by atomic mass is 16.4. The molecule has 0 aromatic heterocycles. The lowest BCUT2D eigenvalue weighted by Crippen LogP contribution is -2.44. The summed E-state index contributed by atoms with van der Waals surface area (Å²) in [4.78, 5) is 25.2. The number of likely N-dealkylation sites (tertiary alicyclic amines) is 1. The van der Waals surface area contributed by atoms with Gasteiger partial charge in [0.25, 0.3) is 0 Å². The topological polar surface area (TPSA) is 57.6 Å². The fraction of sp³-hybridized carbons (Fsp3) is 0.875. The molecule has 1 rings (SSSR count). The van der Waals surface area contributed by atoms with Crippen molar-refractivity contribution in [3.63, 3.8) is 0 Å². The molecule has 4 heteroatoms. The highest BCUT2D eigenvalue weighted by Crippen LogP contribution is 2.26. The smallest absolute Gasteiger partial charge is 0.303 e. The minimum absolute atomic E-state index is 0.0863. The van der Waals surface area contributed by atoms with Crippen LogP contribution in [0.5, 0.6) is 0 Å². The van der Waals surface area contributed by atoms with Gasteiger partial charge in [-0.1, -0.05) is 33.6 Å². The van der Waals surface area contributed by atoms with Crippen molar-refractivity contribution < 1.29 is 14.7 Å². The van der Waals surface area contributed by atoms with E-state index in [9.17, 15) is 9.59 Å². The van der Waals surface area contributed by atoms with Crippen LogP contribution in [0.25, 0.3) is 0 Å². The van der Waals surface area contributed by atoms with Gasteiger partial charge in [0.05, 0.1) is 0 Å². The van der Waals surface area contributed by atoms with E-state index in [1.807, 2.05) is 11.8 Å². The second-order valence-corrected chi connectivity index (χ2v) is 6.09. The summed E-state index contributed by atoms with van der Waals surface area (Å²) in [7, 11) is 0. The van der Waals surface area contributed by atoms with Gasteiger partial charge in [0.15, 0.2) is 0 Å². The van der Waals surface area contributed by atoms with Crippen molar-refractivity contribution in [3.8, 4) is 0 Å². The number of aliphatic carboxylic acids is 1. The van der Waals surface area contributed by atoms with Crippen LogP contribution in [0, 0.1) is 17.8 Å². The molecule has 4 nitrogen and oxygen atoms in total. The molecule has 0 saturated carbocycles. The Balaban J connectivity index is 2.53. The van der Waals surface area contributed by atoms with E-state index in [1.54, 1.807) is 0 Å². The first-order valence-corrected chi connectivity index (χ1v) is 8.00. The monoisotopic (exact) mass is 283 g/mol. The van der Waals surface area contributed by atoms with Crippen LogP contribution in [0.1, 0.15) is 59.3 Å². The van der Waals surface area contributed by atoms with Crippen molar-refractivity contribution in [3.05, 3.63) is 0 Å². The van der Waals surface area contributed by atoms with Gasteiger partial charge in [0.1, 0.15) is 0 Å². The van der Waals surface area contributed by atoms with E-state index in [2.05, 4.69) is 13.8 Å². The largest absolute Gasteiger partial charge is 0.481 e. The fourth-order valence-electron chi connectivity index (χ4n) is 3.31. The molecule has 1 aliphatic rings. The number of carbonyl (C=O) groups is 2. The Hall–Kier alpha value is -1.06. The lowest BCUT2D eigenvalue weighted by molar-refractivity contribution is -0.139. The first-order chi connectivity index (χ1) is 9.49. The molecule has 2 unspecified atom stereocenters. The first kappa shape index (κ1) is 17.0. The summed E-state index contributed by atoms with van der Waals surface area (Å²) in [6, 6.07) is 0. The van der Waals surface area contributed by atoms with Crippen molar-refractivity contribution in [2.24, 2.45) is 17.8 Å². The summed E-state index contributed by atoms with van der Waals surface area (Å²) in [5.74, 6) is 0.431. The van der Waals surface area contributed by atoms with Crippen LogP contribution in [0.4, 0.5) is 0 Å². The maximum atomic E-state index is 12.6. The zero-order valence-corrected chi connectivity index (χ0v) is 13.1. The van der Waals surface area contributed by atoms with Gasteiger partial charge in [0.2, 0.25) is 5.91 Å². The first-order valence-electron chi connectivity index (χ1n) is 8.00. The number of piperidine rings is 1. The van der Waals surface area contributed by atoms with Crippen LogP contribution < -0.4 is 0 Å². The van der Waals surface area contributed by atoms with E-state index < -0.39 is 5.97 Å². The Morgan fingerprint density at radius 2 is 1.95 bits per heavy atom. The molecule has 20 heavy (non-hydrogen) atoms. The van der Waals surface area contributed by atoms with Crippen LogP contribution in [-0.2, 0) is 9.59 Å². The fourth-order valence-corrected chi connectivity index (χ4v) is 3.31. The standard InChI is InChI=1S/C16H29NO3/c1-4-14(5-2)12(3)16(20)17-10-6-7-13(11-17)8-9-15(18)19/h12-14H,4-11H2,1-3H3,(H,18,19). The molecule has 0 bridgehead atoms. The number of carboxylic acid groups (broad SMARTS) is 1. The van der Waals surface area contributed by atoms with Crippen LogP contribution >= 0.6 is 0 Å². The maximum absolute atomic E-state index is 12.6. The van der Waals surface area contributed by atoms with Gasteiger partial charge in [-0.15, -0.1) is 0 Å². The minimum atomic E-state index is -0.737. The molecule has 0 aromatic rings. The number of nitrogens with zero attached hydrogens (tertiary/aromatic N) is 1. The normalized spacial score (nSPS) is 21.0. The quantitative estimate of drug-likeness (QED) is 0.780. The number of hydrogen-bond donors (Lipinski definition) is 1. The van der Waals surface area contributed by atoms with Gasteiger partial charge in [-0.25, -0.2) is 0 Å². The summed E-state index contributed by atoms with van der Waals surface area (Å²) in [6.45, 7) is 7.91. The van der Waals surface area contributed by atoms with E-state index in [-0.39, 0.29) is 18.2 Å². The zero-order chi connectivity index (χ0) is 15.1. The van der Waals surface area contributed by atoms with Gasteiger partial charge in [-0.3, -0.25) is 9.59 Å². The predicted octanol–water partition coefficient (Wildman–Crippen LogP) is 3.16. The van der Waals surface area contributed by atoms with Crippen LogP contribution in [0.2, 0.25) is 0 Å². The Morgan fingerprint density at radius 1 is 1.30 bits per heavy atom. The third kappa shape index (κ3) is 4.80. The Bertz CT molecular complexity index is 326. The molecule has 1 aliphatic heterocycles. The van der Waals surface area contributed by atoms with Gasteiger partial charge in [-0.05, 0) is 31.1 Å². The molecule has 0 aliphatic carbocycles. The lowest BCUT2D eigenvalue weighted by atomic mass is 9.86. The number of amides is 1. The number of hydrogen-bond acceptors (Lipinski definition) is 2. The summed E-state index contributed by atoms with van der Waals surface area (Å²) in [5, 5.41) is 8.76. The minimum Gasteiger partial charge on any atom is -0.481 e. The highest BCUT2D eigenvalue weighted by Gasteiger charge is 2.29. The van der Waals surface area contributed by atoms with Gasteiger partial charge in [0, 0.05) is 25.4 Å². The average Bonchev–Trinajstić information content (AvgIpc) is 2.45. The SMILES string of the molecule is CCC(CC)C(C)C(=O)N1CCCC(CCC(=O)O)C1. The third-order valence-electron chi connectivity index (χ3n) is 4.74. The molecular formula is C16H29NO3. The summed E-state index contributed by atoms with van der Waals surface area (Å²) in [5.41, 5.74) is 0. The molecular weight excluding hydrogens is 254 g/mol. The number of carbonyl (C=O) groups excluding carboxylic acids is 1. The van der Waals surface area contributed by atoms with Crippen molar-refractivity contribution in [1.82, 2.24) is 4.90 Å². The summed E-state index contributed by atoms with van der Waals surface area (Å²) < 4.78 is 0. The Morgan fingerprint density at radius 3 is 2.50 bits per heavy atom. The number of rotatable bonds is 7. The lowest BCUT2D eigenvalue weighted by Gasteiger charge is -2.35. The predicted molar refractivity (Wildman–Crippen MR) is 79.4 cm³/mol. The van der Waals surface area contributed by atoms with Crippen molar-refractivity contribution in [2.45, 2.75) is 59.3 Å². The molecule has 1 saturated heterocycles. The molecule has 1 N–H and O–H groups in total. The van der Waals surface area contributed by atoms with Crippen molar-refractivity contribution in [1.29, 1.82) is 0 Å². The molecule has 2 atom stereocenters. The van der Waals surface area contributed by atoms with Crippen molar-refractivity contribution >= 4 is 11.9 Å². The van der Waals surface area contributed by atoms with Crippen molar-refractivity contribution in [2.75, 3.05) is 13.1 Å². The zero-order valence-electron chi connectivity index (χ0n) is 13.1. The van der Waals surface area contributed by atoms with E-state index in [0.717, 1.165) is 38.8 Å². The van der Waals surface area contributed by atoms with E-state index in [0.29, 0.717) is 18.3 Å². The average molecular weight is 283 g/mol. The molecule has 0 spiro atoms. The summed E-state index contributed by atoms with van der Waals surface area (Å²) in [6.07, 6.45) is 5.05. The van der Waals surface area contributed by atoms with Crippen LogP contribution in [-0.4, -0.2) is 35.0 Å². The molecule has 1 fully saturated rings.